The number of carbonyl (C=O) groups is 1. The van der Waals surface area contributed by atoms with Crippen LogP contribution in [-0.2, 0) is 4.79 Å². The topological polar surface area (TPSA) is 76.5 Å². The van der Waals surface area contributed by atoms with Gasteiger partial charge in [-0.05, 0) is 30.2 Å². The van der Waals surface area contributed by atoms with Crippen molar-refractivity contribution in [3.05, 3.63) is 64.5 Å². The monoisotopic (exact) mass is 336 g/mol. The van der Waals surface area contributed by atoms with Crippen LogP contribution in [0.5, 0.6) is 0 Å². The maximum atomic E-state index is 12.0. The van der Waals surface area contributed by atoms with E-state index in [1.165, 1.54) is 6.07 Å². The van der Waals surface area contributed by atoms with E-state index < -0.39 is 0 Å². The molecule has 1 aromatic heterocycles. The molecule has 128 valence electrons. The largest absolute Gasteiger partial charge is 0.423 e. The van der Waals surface area contributed by atoms with Gasteiger partial charge in [0.25, 0.3) is 0 Å². The Bertz CT molecular complexity index is 992. The van der Waals surface area contributed by atoms with Crippen molar-refractivity contribution in [2.45, 2.75) is 13.3 Å². The quantitative estimate of drug-likeness (QED) is 0.727. The Kier molecular flexibility index (Phi) is 4.57. The Morgan fingerprint density at radius 2 is 1.88 bits per heavy atom. The van der Waals surface area contributed by atoms with E-state index in [9.17, 15) is 9.59 Å². The van der Waals surface area contributed by atoms with Crippen molar-refractivity contribution in [2.24, 2.45) is 5.73 Å². The summed E-state index contributed by atoms with van der Waals surface area (Å²) in [5, 5.41) is 0.876. The third-order valence-corrected chi connectivity index (χ3v) is 4.30. The molecule has 0 aliphatic rings. The van der Waals surface area contributed by atoms with Crippen LogP contribution in [-0.4, -0.2) is 19.5 Å². The highest BCUT2D eigenvalue weighted by atomic mass is 16.4. The van der Waals surface area contributed by atoms with Crippen LogP contribution in [0, 0.1) is 6.92 Å². The van der Waals surface area contributed by atoms with Crippen molar-refractivity contribution in [1.29, 1.82) is 0 Å². The average molecular weight is 336 g/mol. The Hall–Kier alpha value is -3.08. The summed E-state index contributed by atoms with van der Waals surface area (Å²) in [6, 6.07) is 15.2. The summed E-state index contributed by atoms with van der Waals surface area (Å²) in [4.78, 5) is 24.9. The predicted molar refractivity (Wildman–Crippen MR) is 99.7 cm³/mol. The molecule has 0 atom stereocenters. The fraction of sp³-hybridized carbons (Fsp3) is 0.200. The zero-order valence-corrected chi connectivity index (χ0v) is 14.3. The lowest BCUT2D eigenvalue weighted by Gasteiger charge is -2.19. The second kappa shape index (κ2) is 6.81. The molecule has 0 saturated heterocycles. The summed E-state index contributed by atoms with van der Waals surface area (Å²) in [7, 11) is 1.87. The smallest absolute Gasteiger partial charge is 0.336 e. The minimum Gasteiger partial charge on any atom is -0.423 e. The van der Waals surface area contributed by atoms with Crippen molar-refractivity contribution in [1.82, 2.24) is 0 Å². The van der Waals surface area contributed by atoms with Gasteiger partial charge in [-0.2, -0.15) is 0 Å². The molecule has 1 amide bonds. The van der Waals surface area contributed by atoms with E-state index in [1.807, 2.05) is 61.3 Å². The van der Waals surface area contributed by atoms with E-state index in [1.54, 1.807) is 0 Å². The summed E-state index contributed by atoms with van der Waals surface area (Å²) < 4.78 is 5.41. The molecule has 3 aromatic rings. The molecule has 0 fully saturated rings. The molecule has 0 saturated carbocycles. The van der Waals surface area contributed by atoms with Crippen LogP contribution in [0.1, 0.15) is 12.0 Å². The van der Waals surface area contributed by atoms with Crippen LogP contribution in [0.15, 0.2) is 57.7 Å². The number of hydrogen-bond donors (Lipinski definition) is 1. The first-order chi connectivity index (χ1) is 12.0. The van der Waals surface area contributed by atoms with E-state index in [2.05, 4.69) is 0 Å². The molecule has 0 aliphatic carbocycles. The van der Waals surface area contributed by atoms with Crippen molar-refractivity contribution >= 4 is 22.6 Å². The van der Waals surface area contributed by atoms with Gasteiger partial charge >= 0.3 is 5.63 Å². The summed E-state index contributed by atoms with van der Waals surface area (Å²) in [5.74, 6) is -0.346. The Morgan fingerprint density at radius 1 is 1.12 bits per heavy atom. The number of carbonyl (C=O) groups excluding carboxylic acids is 1. The zero-order valence-electron chi connectivity index (χ0n) is 14.3. The first-order valence-electron chi connectivity index (χ1n) is 8.09. The molecule has 25 heavy (non-hydrogen) atoms. The maximum absolute atomic E-state index is 12.0. The lowest BCUT2D eigenvalue weighted by Crippen LogP contribution is -2.24. The van der Waals surface area contributed by atoms with Crippen LogP contribution in [0.4, 0.5) is 5.69 Å². The van der Waals surface area contributed by atoms with Crippen LogP contribution in [0.25, 0.3) is 22.1 Å². The number of rotatable bonds is 5. The molecule has 0 unspecified atom stereocenters. The Labute approximate surface area is 145 Å². The van der Waals surface area contributed by atoms with Gasteiger partial charge in [0.2, 0.25) is 5.91 Å². The molecule has 3 rings (SSSR count). The lowest BCUT2D eigenvalue weighted by atomic mass is 9.98. The molecule has 1 heterocycles. The van der Waals surface area contributed by atoms with Crippen molar-refractivity contribution in [3.63, 3.8) is 0 Å². The van der Waals surface area contributed by atoms with Gasteiger partial charge in [-0.3, -0.25) is 4.79 Å². The highest BCUT2D eigenvalue weighted by molar-refractivity contribution is 5.95. The minimum absolute atomic E-state index is 0.266. The van der Waals surface area contributed by atoms with E-state index in [4.69, 9.17) is 10.2 Å². The van der Waals surface area contributed by atoms with Gasteiger partial charge in [-0.15, -0.1) is 0 Å². The van der Waals surface area contributed by atoms with Crippen molar-refractivity contribution in [3.8, 4) is 11.1 Å². The SMILES string of the molecule is Cc1ccccc1-c1cc(=O)oc2cc(N(C)CCC(N)=O)ccc12. The number of primary amides is 1. The van der Waals surface area contributed by atoms with Gasteiger partial charge in [0.15, 0.2) is 0 Å². The van der Waals surface area contributed by atoms with E-state index >= 15 is 0 Å². The fourth-order valence-electron chi connectivity index (χ4n) is 2.89. The van der Waals surface area contributed by atoms with Gasteiger partial charge in [0.1, 0.15) is 5.58 Å². The van der Waals surface area contributed by atoms with Crippen LogP contribution in [0.3, 0.4) is 0 Å². The number of fused-ring (bicyclic) bond motifs is 1. The molecule has 0 aliphatic heterocycles. The number of aryl methyl sites for hydroxylation is 1. The van der Waals surface area contributed by atoms with Gasteiger partial charge in [0, 0.05) is 48.8 Å². The lowest BCUT2D eigenvalue weighted by molar-refractivity contribution is -0.117. The predicted octanol–water partition coefficient (Wildman–Crippen LogP) is 3.08. The molecule has 5 nitrogen and oxygen atoms in total. The number of nitrogens with zero attached hydrogens (tertiary/aromatic N) is 1. The number of anilines is 1. The molecule has 0 bridgehead atoms. The highest BCUT2D eigenvalue weighted by Gasteiger charge is 2.12. The molecular weight excluding hydrogens is 316 g/mol. The molecule has 5 heteroatoms. The number of benzene rings is 2. The van der Waals surface area contributed by atoms with Gasteiger partial charge < -0.3 is 15.1 Å². The maximum Gasteiger partial charge on any atom is 0.336 e. The molecule has 0 spiro atoms. The Morgan fingerprint density at radius 3 is 2.60 bits per heavy atom. The summed E-state index contributed by atoms with van der Waals surface area (Å²) in [6.45, 7) is 2.52. The standard InChI is InChI=1S/C20H20N2O3/c1-13-5-3-4-6-15(13)17-12-20(24)25-18-11-14(7-8-16(17)18)22(2)10-9-19(21)23/h3-8,11-12H,9-10H2,1-2H3,(H2,21,23). The molecule has 2 N–H and O–H groups in total. The van der Waals surface area contributed by atoms with Crippen molar-refractivity contribution in [2.75, 3.05) is 18.5 Å². The summed E-state index contributed by atoms with van der Waals surface area (Å²) in [6.07, 6.45) is 0.266. The normalized spacial score (nSPS) is 10.8. The van der Waals surface area contributed by atoms with Gasteiger partial charge in [0.05, 0.1) is 0 Å². The van der Waals surface area contributed by atoms with Gasteiger partial charge in [-0.25, -0.2) is 4.79 Å². The molecular formula is C20H20N2O3. The Balaban J connectivity index is 2.09. The van der Waals surface area contributed by atoms with Crippen LogP contribution in [0.2, 0.25) is 0 Å². The zero-order chi connectivity index (χ0) is 18.0. The number of hydrogen-bond acceptors (Lipinski definition) is 4. The second-order valence-electron chi connectivity index (χ2n) is 6.11. The second-order valence-corrected chi connectivity index (χ2v) is 6.11. The summed E-state index contributed by atoms with van der Waals surface area (Å²) in [5.41, 5.74) is 9.16. The summed E-state index contributed by atoms with van der Waals surface area (Å²) >= 11 is 0. The van der Waals surface area contributed by atoms with Crippen LogP contribution >= 0.6 is 0 Å². The highest BCUT2D eigenvalue weighted by Crippen LogP contribution is 2.31. The third-order valence-electron chi connectivity index (χ3n) is 4.30. The molecule has 2 aromatic carbocycles. The van der Waals surface area contributed by atoms with Crippen LogP contribution < -0.4 is 16.3 Å². The fourth-order valence-corrected chi connectivity index (χ4v) is 2.89. The first kappa shape index (κ1) is 16.8. The third kappa shape index (κ3) is 3.55. The van der Waals surface area contributed by atoms with E-state index in [0.29, 0.717) is 12.1 Å². The first-order valence-corrected chi connectivity index (χ1v) is 8.09. The molecule has 0 radical (unpaired) electrons. The number of amides is 1. The number of nitrogens with two attached hydrogens (primary N) is 1. The van der Waals surface area contributed by atoms with E-state index in [-0.39, 0.29) is 18.0 Å². The minimum atomic E-state index is -0.386. The van der Waals surface area contributed by atoms with E-state index in [0.717, 1.165) is 27.8 Å². The average Bonchev–Trinajstić information content (AvgIpc) is 2.58. The van der Waals surface area contributed by atoms with Crippen molar-refractivity contribution < 1.29 is 9.21 Å². The van der Waals surface area contributed by atoms with Gasteiger partial charge in [-0.1, -0.05) is 24.3 Å².